The van der Waals surface area contributed by atoms with E-state index in [9.17, 15) is 13.6 Å². The van der Waals surface area contributed by atoms with Crippen LogP contribution in [0.5, 0.6) is 0 Å². The molecule has 4 saturated carbocycles. The fourth-order valence-electron chi connectivity index (χ4n) is 11.4. The lowest BCUT2D eigenvalue weighted by Crippen LogP contribution is -2.57. The second-order valence-corrected chi connectivity index (χ2v) is 15.6. The van der Waals surface area contributed by atoms with E-state index >= 15 is 0 Å². The van der Waals surface area contributed by atoms with Crippen LogP contribution in [0.25, 0.3) is 0 Å². The number of ether oxygens (including phenoxy) is 3. The Hall–Kier alpha value is -1.53. The molecule has 4 nitrogen and oxygen atoms in total. The van der Waals surface area contributed by atoms with E-state index in [0.29, 0.717) is 35.0 Å². The average Bonchev–Trinajstić information content (AvgIpc) is 3.43. The molecule has 0 bridgehead atoms. The minimum Gasteiger partial charge on any atom is -0.457 e. The lowest BCUT2D eigenvalue weighted by molar-refractivity contribution is -0.170. The number of esters is 1. The van der Waals surface area contributed by atoms with Gasteiger partial charge in [-0.05, 0) is 137 Å². The summed E-state index contributed by atoms with van der Waals surface area (Å²) in [4.78, 5) is 11.8. The summed E-state index contributed by atoms with van der Waals surface area (Å²) in [5.41, 5.74) is 0.568. The third-order valence-corrected chi connectivity index (χ3v) is 13.0. The van der Waals surface area contributed by atoms with Gasteiger partial charge < -0.3 is 14.2 Å². The summed E-state index contributed by atoms with van der Waals surface area (Å²) < 4.78 is 47.4. The zero-order chi connectivity index (χ0) is 30.0. The third-order valence-electron chi connectivity index (χ3n) is 13.0. The highest BCUT2D eigenvalue weighted by molar-refractivity contribution is 5.66. The highest BCUT2D eigenvalue weighted by atomic mass is 19.1. The van der Waals surface area contributed by atoms with Crippen molar-refractivity contribution in [2.45, 2.75) is 136 Å². The van der Waals surface area contributed by atoms with Crippen molar-refractivity contribution < 1.29 is 27.8 Å². The topological polar surface area (TPSA) is 44.8 Å². The molecule has 5 aliphatic rings. The lowest BCUT2D eigenvalue weighted by atomic mass is 9.44. The molecule has 1 aromatic carbocycles. The van der Waals surface area contributed by atoms with Gasteiger partial charge in [-0.25, -0.2) is 8.78 Å². The van der Waals surface area contributed by atoms with Crippen molar-refractivity contribution >= 4 is 5.97 Å². The number of carbonyl (C=O) groups is 1. The normalized spacial score (nSPS) is 41.7. The maximum absolute atomic E-state index is 14.5. The van der Waals surface area contributed by atoms with Gasteiger partial charge in [-0.3, -0.25) is 4.79 Å². The quantitative estimate of drug-likeness (QED) is 0.299. The molecule has 4 aliphatic carbocycles. The van der Waals surface area contributed by atoms with Gasteiger partial charge in [-0.2, -0.15) is 0 Å². The summed E-state index contributed by atoms with van der Waals surface area (Å²) in [6.45, 7) is 13.0. The molecular weight excluding hydrogens is 534 g/mol. The van der Waals surface area contributed by atoms with Crippen molar-refractivity contribution in [2.24, 2.45) is 46.3 Å². The average molecular weight is 587 g/mol. The molecular formula is C36H52F2O4. The monoisotopic (exact) mass is 586 g/mol. The fourth-order valence-corrected chi connectivity index (χ4v) is 11.4. The largest absolute Gasteiger partial charge is 0.457 e. The van der Waals surface area contributed by atoms with Crippen LogP contribution in [0.3, 0.4) is 0 Å². The van der Waals surface area contributed by atoms with Gasteiger partial charge in [0.25, 0.3) is 0 Å². The van der Waals surface area contributed by atoms with Crippen LogP contribution in [0, 0.1) is 58.0 Å². The van der Waals surface area contributed by atoms with Crippen molar-refractivity contribution in [1.29, 1.82) is 0 Å². The number of hydrogen-bond acceptors (Lipinski definition) is 4. The maximum atomic E-state index is 14.5. The molecule has 1 saturated heterocycles. The van der Waals surface area contributed by atoms with Crippen LogP contribution in [-0.2, 0) is 19.0 Å². The van der Waals surface area contributed by atoms with Gasteiger partial charge in [0.05, 0.1) is 17.8 Å². The number of benzene rings is 1. The van der Waals surface area contributed by atoms with E-state index in [2.05, 4.69) is 34.6 Å². The molecule has 6 heteroatoms. The smallest absolute Gasteiger partial charge is 0.303 e. The molecule has 1 unspecified atom stereocenters. The van der Waals surface area contributed by atoms with Crippen molar-refractivity contribution in [3.63, 3.8) is 0 Å². The minimum absolute atomic E-state index is 0.122. The molecule has 234 valence electrons. The molecule has 1 heterocycles. The van der Waals surface area contributed by atoms with E-state index in [1.165, 1.54) is 70.1 Å². The van der Waals surface area contributed by atoms with Gasteiger partial charge in [-0.15, -0.1) is 0 Å². The summed E-state index contributed by atoms with van der Waals surface area (Å²) in [6.07, 6.45) is 12.0. The molecule has 42 heavy (non-hydrogen) atoms. The molecule has 0 spiro atoms. The van der Waals surface area contributed by atoms with Crippen molar-refractivity contribution in [2.75, 3.05) is 0 Å². The third kappa shape index (κ3) is 5.14. The van der Waals surface area contributed by atoms with Crippen LogP contribution >= 0.6 is 0 Å². The summed E-state index contributed by atoms with van der Waals surface area (Å²) in [6, 6.07) is 3.83. The number of halogens is 2. The Kier molecular flexibility index (Phi) is 8.08. The first-order chi connectivity index (χ1) is 19.8. The highest BCUT2D eigenvalue weighted by Crippen LogP contribution is 2.69. The number of carbonyl (C=O) groups excluding carboxylic acids is 1. The van der Waals surface area contributed by atoms with Crippen LogP contribution in [0.2, 0.25) is 0 Å². The Bertz CT molecular complexity index is 1150. The van der Waals surface area contributed by atoms with Gasteiger partial charge >= 0.3 is 5.97 Å². The molecule has 6 rings (SSSR count). The first-order valence-electron chi connectivity index (χ1n) is 16.8. The molecule has 0 aromatic heterocycles. The van der Waals surface area contributed by atoms with E-state index in [-0.39, 0.29) is 17.8 Å². The Balaban J connectivity index is 1.11. The molecule has 0 amide bonds. The summed E-state index contributed by atoms with van der Waals surface area (Å²) in [5, 5.41) is 0. The molecule has 5 fully saturated rings. The molecule has 11 atom stereocenters. The Morgan fingerprint density at radius 3 is 2.29 bits per heavy atom. The maximum Gasteiger partial charge on any atom is 0.303 e. The van der Waals surface area contributed by atoms with E-state index in [1.54, 1.807) is 0 Å². The SMILES string of the molecule is CC(=O)OC(CCC[C@@H](C)[C@H]1CC[C@H]2[C@@H]3CC[C@H]4[C@H]5OC(C)(C)O[C@H]5CC[C@]4(C)[C@H]3CC[C@]12C)c1c(F)cccc1F. The zero-order valence-corrected chi connectivity index (χ0v) is 26.6. The van der Waals surface area contributed by atoms with Gasteiger partial charge in [0.15, 0.2) is 5.79 Å². The predicted octanol–water partition coefficient (Wildman–Crippen LogP) is 9.16. The lowest BCUT2D eigenvalue weighted by Gasteiger charge is -2.62. The van der Waals surface area contributed by atoms with Crippen molar-refractivity contribution in [3.8, 4) is 0 Å². The molecule has 0 radical (unpaired) electrons. The predicted molar refractivity (Wildman–Crippen MR) is 158 cm³/mol. The van der Waals surface area contributed by atoms with E-state index in [1.807, 2.05) is 0 Å². The van der Waals surface area contributed by atoms with Crippen LogP contribution in [0.4, 0.5) is 8.78 Å². The van der Waals surface area contributed by atoms with Gasteiger partial charge in [0.2, 0.25) is 0 Å². The highest BCUT2D eigenvalue weighted by Gasteiger charge is 2.64. The van der Waals surface area contributed by atoms with Crippen molar-refractivity contribution in [3.05, 3.63) is 35.4 Å². The second kappa shape index (κ2) is 11.1. The summed E-state index contributed by atoms with van der Waals surface area (Å²) in [5.74, 6) is 1.87. The van der Waals surface area contributed by atoms with Crippen LogP contribution in [0.15, 0.2) is 18.2 Å². The van der Waals surface area contributed by atoms with Crippen LogP contribution in [-0.4, -0.2) is 24.0 Å². The standard InChI is InChI=1S/C36H52F2O4/c1-21(9-7-12-30(40-22(2)39)32-28(37)10-8-11-29(32)38)24-15-16-25-23-13-14-27-33-31(41-34(3,4)42-33)18-20-36(27,6)26(23)17-19-35(24,25)5/h8,10-11,21,23-27,30-31,33H,7,9,12-20H2,1-6H3/t21-,23+,24-,25+,26+,27+,30?,31+,33-,35-,36-/m1/s1. The number of fused-ring (bicyclic) bond motifs is 7. The molecule has 1 aromatic rings. The number of rotatable bonds is 7. The minimum atomic E-state index is -0.885. The summed E-state index contributed by atoms with van der Waals surface area (Å²) in [7, 11) is 0. The zero-order valence-electron chi connectivity index (χ0n) is 26.6. The molecule has 0 N–H and O–H groups in total. The van der Waals surface area contributed by atoms with E-state index in [0.717, 1.165) is 37.0 Å². The van der Waals surface area contributed by atoms with Gasteiger partial charge in [0.1, 0.15) is 17.7 Å². The second-order valence-electron chi connectivity index (χ2n) is 15.6. The van der Waals surface area contributed by atoms with Crippen molar-refractivity contribution in [1.82, 2.24) is 0 Å². The molecule has 1 aliphatic heterocycles. The Labute approximate surface area is 251 Å². The van der Waals surface area contributed by atoms with E-state index < -0.39 is 29.5 Å². The van der Waals surface area contributed by atoms with Crippen LogP contribution in [0.1, 0.15) is 124 Å². The van der Waals surface area contributed by atoms with Gasteiger partial charge in [0, 0.05) is 6.92 Å². The van der Waals surface area contributed by atoms with Crippen LogP contribution < -0.4 is 0 Å². The van der Waals surface area contributed by atoms with E-state index in [4.69, 9.17) is 14.2 Å². The summed E-state index contributed by atoms with van der Waals surface area (Å²) >= 11 is 0. The fraction of sp³-hybridized carbons (Fsp3) is 0.806. The Morgan fingerprint density at radius 1 is 0.905 bits per heavy atom. The van der Waals surface area contributed by atoms with Gasteiger partial charge in [-0.1, -0.05) is 33.3 Å². The Morgan fingerprint density at radius 2 is 1.57 bits per heavy atom. The first-order valence-corrected chi connectivity index (χ1v) is 16.8. The number of hydrogen-bond donors (Lipinski definition) is 0. The first kappa shape index (κ1) is 30.5.